The molecule has 0 saturated carbocycles. The number of benzene rings is 1. The highest BCUT2D eigenvalue weighted by Crippen LogP contribution is 2.26. The van der Waals surface area contributed by atoms with Gasteiger partial charge in [0.2, 0.25) is 17.7 Å². The number of methoxy groups -OCH3 is 1. The molecule has 2 aliphatic rings. The van der Waals surface area contributed by atoms with E-state index in [4.69, 9.17) is 4.74 Å². The molecule has 0 bridgehead atoms. The van der Waals surface area contributed by atoms with Gasteiger partial charge < -0.3 is 19.9 Å². The molecule has 2 heterocycles. The number of hydrogen-bond donors (Lipinski definition) is 1. The SMILES string of the molecule is COc1ccc(N2CC(C(=O)NCCCN3CCCC3=O)CC2=O)cc1. The molecule has 1 aromatic rings. The molecule has 2 aliphatic heterocycles. The Hall–Kier alpha value is -2.57. The van der Waals surface area contributed by atoms with Crippen molar-refractivity contribution in [1.82, 2.24) is 10.2 Å². The zero-order valence-electron chi connectivity index (χ0n) is 15.1. The van der Waals surface area contributed by atoms with Gasteiger partial charge in [0.25, 0.3) is 0 Å². The van der Waals surface area contributed by atoms with Crippen LogP contribution in [0.15, 0.2) is 24.3 Å². The van der Waals surface area contributed by atoms with Crippen LogP contribution in [-0.4, -0.2) is 55.9 Å². The Morgan fingerprint density at radius 3 is 2.65 bits per heavy atom. The number of nitrogens with one attached hydrogen (secondary N) is 1. The van der Waals surface area contributed by atoms with E-state index < -0.39 is 0 Å². The largest absolute Gasteiger partial charge is 0.497 e. The average molecular weight is 359 g/mol. The fraction of sp³-hybridized carbons (Fsp3) is 0.526. The molecule has 0 aliphatic carbocycles. The molecule has 140 valence electrons. The molecular formula is C19H25N3O4. The third-order valence-corrected chi connectivity index (χ3v) is 4.96. The Morgan fingerprint density at radius 1 is 1.23 bits per heavy atom. The maximum absolute atomic E-state index is 12.3. The lowest BCUT2D eigenvalue weighted by atomic mass is 10.1. The molecule has 1 N–H and O–H groups in total. The molecule has 3 amide bonds. The van der Waals surface area contributed by atoms with Gasteiger partial charge in [0.15, 0.2) is 0 Å². The first-order valence-corrected chi connectivity index (χ1v) is 9.08. The molecule has 2 saturated heterocycles. The van der Waals surface area contributed by atoms with Crippen LogP contribution in [0.25, 0.3) is 0 Å². The maximum atomic E-state index is 12.3. The molecule has 0 radical (unpaired) electrons. The summed E-state index contributed by atoms with van der Waals surface area (Å²) >= 11 is 0. The number of carbonyl (C=O) groups is 3. The summed E-state index contributed by atoms with van der Waals surface area (Å²) in [6.45, 7) is 2.42. The number of anilines is 1. The van der Waals surface area contributed by atoms with E-state index in [9.17, 15) is 14.4 Å². The van der Waals surface area contributed by atoms with Crippen LogP contribution in [0, 0.1) is 5.92 Å². The Balaban J connectivity index is 1.45. The minimum atomic E-state index is -0.335. The number of ether oxygens (including phenoxy) is 1. The van der Waals surface area contributed by atoms with Crippen molar-refractivity contribution in [2.45, 2.75) is 25.7 Å². The number of hydrogen-bond acceptors (Lipinski definition) is 4. The zero-order valence-corrected chi connectivity index (χ0v) is 15.1. The average Bonchev–Trinajstić information content (AvgIpc) is 3.24. The quantitative estimate of drug-likeness (QED) is 0.742. The van der Waals surface area contributed by atoms with E-state index >= 15 is 0 Å². The number of carbonyl (C=O) groups excluding carboxylic acids is 3. The fourth-order valence-electron chi connectivity index (χ4n) is 3.46. The van der Waals surface area contributed by atoms with E-state index in [0.717, 1.165) is 30.8 Å². The third-order valence-electron chi connectivity index (χ3n) is 4.96. The lowest BCUT2D eigenvalue weighted by molar-refractivity contribution is -0.127. The van der Waals surface area contributed by atoms with Gasteiger partial charge in [-0.3, -0.25) is 14.4 Å². The monoisotopic (exact) mass is 359 g/mol. The number of amides is 3. The van der Waals surface area contributed by atoms with Crippen LogP contribution in [0.5, 0.6) is 5.75 Å². The van der Waals surface area contributed by atoms with E-state index in [1.807, 2.05) is 17.0 Å². The zero-order chi connectivity index (χ0) is 18.5. The van der Waals surface area contributed by atoms with Crippen molar-refractivity contribution in [1.29, 1.82) is 0 Å². The van der Waals surface area contributed by atoms with Gasteiger partial charge in [-0.1, -0.05) is 0 Å². The Morgan fingerprint density at radius 2 is 2.00 bits per heavy atom. The third kappa shape index (κ3) is 4.15. The van der Waals surface area contributed by atoms with Crippen molar-refractivity contribution in [3.05, 3.63) is 24.3 Å². The van der Waals surface area contributed by atoms with Crippen molar-refractivity contribution < 1.29 is 19.1 Å². The maximum Gasteiger partial charge on any atom is 0.227 e. The van der Waals surface area contributed by atoms with Crippen LogP contribution in [0.2, 0.25) is 0 Å². The van der Waals surface area contributed by atoms with Gasteiger partial charge in [-0.2, -0.15) is 0 Å². The van der Waals surface area contributed by atoms with Crippen molar-refractivity contribution in [2.75, 3.05) is 38.2 Å². The summed E-state index contributed by atoms with van der Waals surface area (Å²) in [6.07, 6.45) is 2.52. The summed E-state index contributed by atoms with van der Waals surface area (Å²) in [4.78, 5) is 39.6. The number of rotatable bonds is 7. The van der Waals surface area contributed by atoms with Crippen molar-refractivity contribution in [2.24, 2.45) is 5.92 Å². The molecule has 3 rings (SSSR count). The second-order valence-corrected chi connectivity index (χ2v) is 6.73. The molecule has 0 spiro atoms. The molecule has 1 aromatic carbocycles. The van der Waals surface area contributed by atoms with E-state index in [1.165, 1.54) is 0 Å². The first-order chi connectivity index (χ1) is 12.6. The first-order valence-electron chi connectivity index (χ1n) is 9.08. The normalized spacial score (nSPS) is 20.0. The summed E-state index contributed by atoms with van der Waals surface area (Å²) in [5.41, 5.74) is 0.777. The molecule has 1 atom stereocenters. The number of nitrogens with zero attached hydrogens (tertiary/aromatic N) is 2. The van der Waals surface area contributed by atoms with Crippen molar-refractivity contribution >= 4 is 23.4 Å². The Bertz CT molecular complexity index is 674. The molecular weight excluding hydrogens is 334 g/mol. The van der Waals surface area contributed by atoms with E-state index in [0.29, 0.717) is 26.1 Å². The lowest BCUT2D eigenvalue weighted by Gasteiger charge is -2.17. The van der Waals surface area contributed by atoms with Gasteiger partial charge in [-0.05, 0) is 37.1 Å². The van der Waals surface area contributed by atoms with Crippen LogP contribution in [0.3, 0.4) is 0 Å². The summed E-state index contributed by atoms with van der Waals surface area (Å²) in [5.74, 6) is 0.456. The minimum absolute atomic E-state index is 0.0435. The van der Waals surface area contributed by atoms with Gasteiger partial charge in [0.05, 0.1) is 13.0 Å². The predicted molar refractivity (Wildman–Crippen MR) is 96.9 cm³/mol. The molecule has 26 heavy (non-hydrogen) atoms. The summed E-state index contributed by atoms with van der Waals surface area (Å²) in [6, 6.07) is 7.25. The Labute approximate surface area is 153 Å². The van der Waals surface area contributed by atoms with Gasteiger partial charge in [0, 0.05) is 44.7 Å². The van der Waals surface area contributed by atoms with Gasteiger partial charge >= 0.3 is 0 Å². The van der Waals surface area contributed by atoms with Gasteiger partial charge in [-0.25, -0.2) is 0 Å². The second kappa shape index (κ2) is 8.21. The van der Waals surface area contributed by atoms with Crippen LogP contribution in [0.1, 0.15) is 25.7 Å². The van der Waals surface area contributed by atoms with Crippen molar-refractivity contribution in [3.63, 3.8) is 0 Å². The van der Waals surface area contributed by atoms with Crippen LogP contribution >= 0.6 is 0 Å². The highest BCUT2D eigenvalue weighted by molar-refractivity contribution is 6.00. The summed E-state index contributed by atoms with van der Waals surface area (Å²) in [5, 5.41) is 2.90. The van der Waals surface area contributed by atoms with E-state index in [2.05, 4.69) is 5.32 Å². The van der Waals surface area contributed by atoms with E-state index in [1.54, 1.807) is 24.1 Å². The van der Waals surface area contributed by atoms with Crippen LogP contribution < -0.4 is 15.0 Å². The molecule has 1 unspecified atom stereocenters. The van der Waals surface area contributed by atoms with Gasteiger partial charge in [0.1, 0.15) is 5.75 Å². The second-order valence-electron chi connectivity index (χ2n) is 6.73. The molecule has 2 fully saturated rings. The molecule has 0 aromatic heterocycles. The van der Waals surface area contributed by atoms with E-state index in [-0.39, 0.29) is 30.1 Å². The Kier molecular flexibility index (Phi) is 5.75. The first kappa shape index (κ1) is 18.2. The van der Waals surface area contributed by atoms with Crippen molar-refractivity contribution in [3.8, 4) is 5.75 Å². The fourth-order valence-corrected chi connectivity index (χ4v) is 3.46. The highest BCUT2D eigenvalue weighted by atomic mass is 16.5. The predicted octanol–water partition coefficient (Wildman–Crippen LogP) is 1.18. The summed E-state index contributed by atoms with van der Waals surface area (Å²) in [7, 11) is 1.59. The topological polar surface area (TPSA) is 79.0 Å². The van der Waals surface area contributed by atoms with Crippen LogP contribution in [0.4, 0.5) is 5.69 Å². The smallest absolute Gasteiger partial charge is 0.227 e. The number of likely N-dealkylation sites (tertiary alicyclic amines) is 1. The van der Waals surface area contributed by atoms with Gasteiger partial charge in [-0.15, -0.1) is 0 Å². The molecule has 7 heteroatoms. The van der Waals surface area contributed by atoms with Crippen LogP contribution in [-0.2, 0) is 14.4 Å². The molecule has 7 nitrogen and oxygen atoms in total. The summed E-state index contributed by atoms with van der Waals surface area (Å²) < 4.78 is 5.12. The highest BCUT2D eigenvalue weighted by Gasteiger charge is 2.35. The minimum Gasteiger partial charge on any atom is -0.497 e. The standard InChI is InChI=1S/C19H25N3O4/c1-26-16-7-5-15(6-8-16)22-13-14(12-18(22)24)19(25)20-9-3-11-21-10-2-4-17(21)23/h5-8,14H,2-4,9-13H2,1H3,(H,20,25). The lowest BCUT2D eigenvalue weighted by Crippen LogP contribution is -2.35.